The zero-order valence-electron chi connectivity index (χ0n) is 10.9. The Labute approximate surface area is 108 Å². The molecule has 1 aromatic carbocycles. The standard InChI is InChI=1S/C15H21NO2/c1-11-4-2-5-12(8-11)15(17)14-9-16-7-3-6-13(16)10-18-14/h2,4-5,8,13-15,17H,3,6-7,9-10H2,1H3. The molecule has 1 aromatic rings. The van der Waals surface area contributed by atoms with Gasteiger partial charge in [0.15, 0.2) is 0 Å². The van der Waals surface area contributed by atoms with Crippen LogP contribution in [0.3, 0.4) is 0 Å². The molecule has 3 atom stereocenters. The molecule has 0 radical (unpaired) electrons. The van der Waals surface area contributed by atoms with Crippen LogP contribution in [0.2, 0.25) is 0 Å². The summed E-state index contributed by atoms with van der Waals surface area (Å²) in [7, 11) is 0. The molecule has 3 unspecified atom stereocenters. The molecule has 0 amide bonds. The van der Waals surface area contributed by atoms with Crippen LogP contribution >= 0.6 is 0 Å². The van der Waals surface area contributed by atoms with E-state index >= 15 is 0 Å². The number of morpholine rings is 1. The van der Waals surface area contributed by atoms with Crippen molar-refractivity contribution in [2.24, 2.45) is 0 Å². The Bertz CT molecular complexity index is 421. The first-order chi connectivity index (χ1) is 8.74. The molecule has 3 heteroatoms. The number of ether oxygens (including phenoxy) is 1. The fourth-order valence-electron chi connectivity index (χ4n) is 3.10. The first-order valence-corrected chi connectivity index (χ1v) is 6.84. The third kappa shape index (κ3) is 2.30. The summed E-state index contributed by atoms with van der Waals surface area (Å²) in [5.41, 5.74) is 2.15. The Kier molecular flexibility index (Phi) is 3.37. The predicted octanol–water partition coefficient (Wildman–Crippen LogP) is 1.89. The average molecular weight is 247 g/mol. The molecule has 0 aromatic heterocycles. The summed E-state index contributed by atoms with van der Waals surface area (Å²) in [6.07, 6.45) is 1.92. The topological polar surface area (TPSA) is 32.7 Å². The maximum Gasteiger partial charge on any atom is 0.106 e. The van der Waals surface area contributed by atoms with Crippen molar-refractivity contribution in [3.63, 3.8) is 0 Å². The van der Waals surface area contributed by atoms with Crippen molar-refractivity contribution in [2.45, 2.75) is 38.0 Å². The number of aryl methyl sites for hydroxylation is 1. The van der Waals surface area contributed by atoms with E-state index in [-0.39, 0.29) is 6.10 Å². The zero-order valence-corrected chi connectivity index (χ0v) is 10.9. The van der Waals surface area contributed by atoms with E-state index in [4.69, 9.17) is 4.74 Å². The fourth-order valence-corrected chi connectivity index (χ4v) is 3.10. The molecule has 2 fully saturated rings. The van der Waals surface area contributed by atoms with Gasteiger partial charge in [0.1, 0.15) is 12.2 Å². The highest BCUT2D eigenvalue weighted by Crippen LogP contribution is 2.28. The van der Waals surface area contributed by atoms with E-state index in [0.29, 0.717) is 6.04 Å². The van der Waals surface area contributed by atoms with Gasteiger partial charge in [-0.25, -0.2) is 0 Å². The van der Waals surface area contributed by atoms with Gasteiger partial charge >= 0.3 is 0 Å². The Hall–Kier alpha value is -0.900. The number of fused-ring (bicyclic) bond motifs is 1. The molecule has 2 aliphatic heterocycles. The Balaban J connectivity index is 1.71. The van der Waals surface area contributed by atoms with Crippen LogP contribution in [0, 0.1) is 6.92 Å². The van der Waals surface area contributed by atoms with Crippen molar-refractivity contribution in [1.82, 2.24) is 4.90 Å². The van der Waals surface area contributed by atoms with Crippen molar-refractivity contribution in [1.29, 1.82) is 0 Å². The largest absolute Gasteiger partial charge is 0.386 e. The second-order valence-corrected chi connectivity index (χ2v) is 5.52. The third-order valence-corrected chi connectivity index (χ3v) is 4.15. The smallest absolute Gasteiger partial charge is 0.106 e. The number of hydrogen-bond donors (Lipinski definition) is 1. The summed E-state index contributed by atoms with van der Waals surface area (Å²) in [5.74, 6) is 0. The summed E-state index contributed by atoms with van der Waals surface area (Å²) in [4.78, 5) is 2.47. The van der Waals surface area contributed by atoms with Gasteiger partial charge in [0.05, 0.1) is 6.61 Å². The summed E-state index contributed by atoms with van der Waals surface area (Å²) < 4.78 is 5.86. The van der Waals surface area contributed by atoms with Crippen molar-refractivity contribution < 1.29 is 9.84 Å². The molecule has 3 nitrogen and oxygen atoms in total. The van der Waals surface area contributed by atoms with Crippen molar-refractivity contribution in [3.05, 3.63) is 35.4 Å². The van der Waals surface area contributed by atoms with Gasteiger partial charge in [-0.15, -0.1) is 0 Å². The first-order valence-electron chi connectivity index (χ1n) is 6.84. The van der Waals surface area contributed by atoms with Crippen LogP contribution in [0.4, 0.5) is 0 Å². The van der Waals surface area contributed by atoms with Crippen molar-refractivity contribution in [3.8, 4) is 0 Å². The van der Waals surface area contributed by atoms with Gasteiger partial charge in [-0.1, -0.05) is 29.8 Å². The first kappa shape index (κ1) is 12.2. The Morgan fingerprint density at radius 1 is 1.44 bits per heavy atom. The van der Waals surface area contributed by atoms with E-state index in [0.717, 1.165) is 25.3 Å². The van der Waals surface area contributed by atoms with Crippen LogP contribution in [0.15, 0.2) is 24.3 Å². The minimum Gasteiger partial charge on any atom is -0.386 e. The van der Waals surface area contributed by atoms with Crippen LogP contribution in [-0.2, 0) is 4.74 Å². The van der Waals surface area contributed by atoms with Crippen LogP contribution in [0.1, 0.15) is 30.1 Å². The summed E-state index contributed by atoms with van der Waals surface area (Å²) in [5, 5.41) is 10.4. The van der Waals surface area contributed by atoms with Gasteiger partial charge in [-0.2, -0.15) is 0 Å². The van der Waals surface area contributed by atoms with Gasteiger partial charge in [-0.3, -0.25) is 4.90 Å². The molecular formula is C15H21NO2. The van der Waals surface area contributed by atoms with E-state index in [1.807, 2.05) is 18.2 Å². The lowest BCUT2D eigenvalue weighted by atomic mass is 10.0. The van der Waals surface area contributed by atoms with Crippen LogP contribution in [-0.4, -0.2) is 41.8 Å². The minimum absolute atomic E-state index is 0.0823. The van der Waals surface area contributed by atoms with Crippen molar-refractivity contribution >= 4 is 0 Å². The van der Waals surface area contributed by atoms with Crippen molar-refractivity contribution in [2.75, 3.05) is 19.7 Å². The molecular weight excluding hydrogens is 226 g/mol. The molecule has 98 valence electrons. The summed E-state index contributed by atoms with van der Waals surface area (Å²) in [6.45, 7) is 4.84. The van der Waals surface area contributed by atoms with Gasteiger partial charge in [0.25, 0.3) is 0 Å². The molecule has 3 rings (SSSR count). The summed E-state index contributed by atoms with van der Waals surface area (Å²) >= 11 is 0. The molecule has 1 N–H and O–H groups in total. The molecule has 0 saturated carbocycles. The van der Waals surface area contributed by atoms with Crippen LogP contribution in [0.5, 0.6) is 0 Å². The van der Waals surface area contributed by atoms with Gasteiger partial charge in [0.2, 0.25) is 0 Å². The zero-order chi connectivity index (χ0) is 12.5. The predicted molar refractivity (Wildman–Crippen MR) is 70.5 cm³/mol. The normalized spacial score (nSPS) is 30.1. The second kappa shape index (κ2) is 5.00. The van der Waals surface area contributed by atoms with Gasteiger partial charge in [-0.05, 0) is 31.9 Å². The highest BCUT2D eigenvalue weighted by Gasteiger charge is 2.35. The molecule has 2 aliphatic rings. The van der Waals surface area contributed by atoms with Crippen LogP contribution in [0.25, 0.3) is 0 Å². The quantitative estimate of drug-likeness (QED) is 0.866. The third-order valence-electron chi connectivity index (χ3n) is 4.15. The monoisotopic (exact) mass is 247 g/mol. The van der Waals surface area contributed by atoms with E-state index < -0.39 is 6.10 Å². The van der Waals surface area contributed by atoms with E-state index in [2.05, 4.69) is 17.9 Å². The molecule has 0 bridgehead atoms. The van der Waals surface area contributed by atoms with Gasteiger partial charge < -0.3 is 9.84 Å². The van der Waals surface area contributed by atoms with Gasteiger partial charge in [0, 0.05) is 12.6 Å². The SMILES string of the molecule is Cc1cccc(C(O)C2CN3CCCC3CO2)c1. The Morgan fingerprint density at radius 2 is 2.33 bits per heavy atom. The molecule has 0 aliphatic carbocycles. The molecule has 2 saturated heterocycles. The maximum absolute atomic E-state index is 10.4. The Morgan fingerprint density at radius 3 is 3.17 bits per heavy atom. The van der Waals surface area contributed by atoms with E-state index in [1.165, 1.54) is 18.4 Å². The van der Waals surface area contributed by atoms with E-state index in [9.17, 15) is 5.11 Å². The lowest BCUT2D eigenvalue weighted by Crippen LogP contribution is -2.48. The average Bonchev–Trinajstić information content (AvgIpc) is 2.85. The minimum atomic E-state index is -0.508. The van der Waals surface area contributed by atoms with Crippen LogP contribution < -0.4 is 0 Å². The number of benzene rings is 1. The molecule has 0 spiro atoms. The number of hydrogen-bond acceptors (Lipinski definition) is 3. The highest BCUT2D eigenvalue weighted by molar-refractivity contribution is 5.25. The second-order valence-electron chi connectivity index (χ2n) is 5.52. The fraction of sp³-hybridized carbons (Fsp3) is 0.600. The summed E-state index contributed by atoms with van der Waals surface area (Å²) in [6, 6.07) is 8.66. The number of rotatable bonds is 2. The molecule has 2 heterocycles. The number of nitrogens with zero attached hydrogens (tertiary/aromatic N) is 1. The number of aliphatic hydroxyl groups is 1. The number of aliphatic hydroxyl groups excluding tert-OH is 1. The lowest BCUT2D eigenvalue weighted by Gasteiger charge is -2.37. The maximum atomic E-state index is 10.4. The van der Waals surface area contributed by atoms with E-state index in [1.54, 1.807) is 0 Å². The molecule has 18 heavy (non-hydrogen) atoms. The lowest BCUT2D eigenvalue weighted by molar-refractivity contribution is -0.103. The highest BCUT2D eigenvalue weighted by atomic mass is 16.5.